The number of ether oxygens (including phenoxy) is 1. The van der Waals surface area contributed by atoms with Crippen molar-refractivity contribution in [1.82, 2.24) is 10.2 Å². The van der Waals surface area contributed by atoms with Crippen molar-refractivity contribution in [2.24, 2.45) is 11.8 Å². The molecule has 0 aromatic carbocycles. The predicted molar refractivity (Wildman–Crippen MR) is 95.8 cm³/mol. The molecule has 140 valence electrons. The van der Waals surface area contributed by atoms with E-state index in [-0.39, 0.29) is 30.8 Å². The van der Waals surface area contributed by atoms with Crippen molar-refractivity contribution in [3.05, 3.63) is 0 Å². The number of nitrogens with zero attached hydrogens (tertiary/aromatic N) is 1. The normalized spacial score (nSPS) is 30.6. The molecule has 5 nitrogen and oxygen atoms in total. The fourth-order valence-corrected chi connectivity index (χ4v) is 4.09. The molecule has 0 aromatic heterocycles. The quantitative estimate of drug-likeness (QED) is 0.778. The molecule has 2 rings (SSSR count). The van der Waals surface area contributed by atoms with Crippen LogP contribution in [0.5, 0.6) is 0 Å². The van der Waals surface area contributed by atoms with Crippen LogP contribution >= 0.6 is 0 Å². The van der Waals surface area contributed by atoms with Gasteiger partial charge in [-0.25, -0.2) is 0 Å². The van der Waals surface area contributed by atoms with E-state index in [0.717, 1.165) is 45.2 Å². The van der Waals surface area contributed by atoms with E-state index < -0.39 is 0 Å². The molecule has 0 spiro atoms. The topological polar surface area (TPSA) is 61.8 Å². The molecule has 2 aliphatic rings. The minimum Gasteiger partial charge on any atom is -0.396 e. The highest BCUT2D eigenvalue weighted by Crippen LogP contribution is 2.22. The van der Waals surface area contributed by atoms with Crippen LogP contribution in [-0.2, 0) is 9.53 Å². The van der Waals surface area contributed by atoms with E-state index in [1.54, 1.807) is 0 Å². The summed E-state index contributed by atoms with van der Waals surface area (Å²) in [7, 11) is 0. The van der Waals surface area contributed by atoms with E-state index in [2.05, 4.69) is 33.0 Å². The van der Waals surface area contributed by atoms with Crippen molar-refractivity contribution >= 4 is 5.91 Å². The molecule has 2 aliphatic heterocycles. The van der Waals surface area contributed by atoms with E-state index in [1.807, 2.05) is 4.90 Å². The van der Waals surface area contributed by atoms with Crippen molar-refractivity contribution in [2.45, 2.75) is 84.1 Å². The SMILES string of the molecule is CC(C)C[C@H](NC1C[C@@H](C)O[C@@H](C)C1)C(=O)N1CCC(CO)CC1. The Morgan fingerprint density at radius 2 is 1.79 bits per heavy atom. The molecule has 1 unspecified atom stereocenters. The fourth-order valence-electron chi connectivity index (χ4n) is 4.09. The minimum absolute atomic E-state index is 0.0989. The van der Waals surface area contributed by atoms with Gasteiger partial charge in [-0.05, 0) is 57.8 Å². The van der Waals surface area contributed by atoms with Crippen LogP contribution in [0.15, 0.2) is 0 Å². The number of likely N-dealkylation sites (tertiary alicyclic amines) is 1. The van der Waals surface area contributed by atoms with E-state index in [1.165, 1.54) is 0 Å². The van der Waals surface area contributed by atoms with Crippen LogP contribution in [0.1, 0.15) is 59.8 Å². The summed E-state index contributed by atoms with van der Waals surface area (Å²) in [6, 6.07) is 0.254. The summed E-state index contributed by atoms with van der Waals surface area (Å²) in [4.78, 5) is 15.0. The average Bonchev–Trinajstić information content (AvgIpc) is 2.52. The summed E-state index contributed by atoms with van der Waals surface area (Å²) >= 11 is 0. The second-order valence-electron chi connectivity index (χ2n) is 8.23. The summed E-state index contributed by atoms with van der Waals surface area (Å²) in [5.74, 6) is 1.09. The zero-order valence-electron chi connectivity index (χ0n) is 15.8. The zero-order valence-corrected chi connectivity index (χ0v) is 15.8. The lowest BCUT2D eigenvalue weighted by Crippen LogP contribution is -2.54. The number of piperidine rings is 1. The Kier molecular flexibility index (Phi) is 7.51. The van der Waals surface area contributed by atoms with Crippen molar-refractivity contribution < 1.29 is 14.6 Å². The first-order chi connectivity index (χ1) is 11.4. The molecule has 1 amide bonds. The van der Waals surface area contributed by atoms with Crippen LogP contribution in [0.25, 0.3) is 0 Å². The monoisotopic (exact) mass is 340 g/mol. The van der Waals surface area contributed by atoms with Gasteiger partial charge in [0.05, 0.1) is 18.2 Å². The van der Waals surface area contributed by atoms with Gasteiger partial charge in [0.1, 0.15) is 0 Å². The van der Waals surface area contributed by atoms with E-state index in [0.29, 0.717) is 17.9 Å². The highest BCUT2D eigenvalue weighted by molar-refractivity contribution is 5.82. The lowest BCUT2D eigenvalue weighted by Gasteiger charge is -2.38. The van der Waals surface area contributed by atoms with Crippen LogP contribution < -0.4 is 5.32 Å². The molecular weight excluding hydrogens is 304 g/mol. The highest BCUT2D eigenvalue weighted by atomic mass is 16.5. The first kappa shape index (κ1) is 19.7. The third-order valence-electron chi connectivity index (χ3n) is 5.32. The van der Waals surface area contributed by atoms with Crippen LogP contribution in [-0.4, -0.2) is 59.9 Å². The Morgan fingerprint density at radius 3 is 2.29 bits per heavy atom. The molecule has 2 saturated heterocycles. The number of amides is 1. The number of rotatable bonds is 6. The Balaban J connectivity index is 1.95. The standard InChI is InChI=1S/C19H36N2O3/c1-13(2)9-18(20-17-10-14(3)24-15(4)11-17)19(23)21-7-5-16(12-22)6-8-21/h13-18,20,22H,5-12H2,1-4H3/t14-,15+,17?,18-/m0/s1. The Hall–Kier alpha value is -0.650. The Labute approximate surface area is 147 Å². The molecule has 0 aliphatic carbocycles. The molecule has 24 heavy (non-hydrogen) atoms. The molecule has 0 saturated carbocycles. The van der Waals surface area contributed by atoms with E-state index >= 15 is 0 Å². The Bertz CT molecular complexity index is 384. The van der Waals surface area contributed by atoms with E-state index in [9.17, 15) is 9.90 Å². The van der Waals surface area contributed by atoms with Crippen LogP contribution in [0, 0.1) is 11.8 Å². The van der Waals surface area contributed by atoms with E-state index in [4.69, 9.17) is 4.74 Å². The maximum absolute atomic E-state index is 13.0. The third-order valence-corrected chi connectivity index (χ3v) is 5.32. The number of aliphatic hydroxyl groups is 1. The first-order valence-electron chi connectivity index (χ1n) is 9.70. The highest BCUT2D eigenvalue weighted by Gasteiger charge is 2.32. The van der Waals surface area contributed by atoms with Crippen LogP contribution in [0.4, 0.5) is 0 Å². The van der Waals surface area contributed by atoms with Gasteiger partial charge in [-0.1, -0.05) is 13.8 Å². The van der Waals surface area contributed by atoms with Gasteiger partial charge in [-0.2, -0.15) is 0 Å². The summed E-state index contributed by atoms with van der Waals surface area (Å²) < 4.78 is 5.82. The molecule has 5 heteroatoms. The molecule has 0 radical (unpaired) electrons. The largest absolute Gasteiger partial charge is 0.396 e. The summed E-state index contributed by atoms with van der Waals surface area (Å²) in [6.07, 6.45) is 5.16. The van der Waals surface area contributed by atoms with Gasteiger partial charge in [-0.15, -0.1) is 0 Å². The van der Waals surface area contributed by atoms with Gasteiger partial charge in [-0.3, -0.25) is 4.79 Å². The summed E-state index contributed by atoms with van der Waals surface area (Å²) in [5, 5.41) is 12.9. The molecule has 4 atom stereocenters. The van der Waals surface area contributed by atoms with Gasteiger partial charge in [0.15, 0.2) is 0 Å². The Morgan fingerprint density at radius 1 is 1.21 bits per heavy atom. The third kappa shape index (κ3) is 5.71. The lowest BCUT2D eigenvalue weighted by molar-refractivity contribution is -0.136. The van der Waals surface area contributed by atoms with Crippen molar-refractivity contribution in [3.8, 4) is 0 Å². The van der Waals surface area contributed by atoms with Crippen molar-refractivity contribution in [1.29, 1.82) is 0 Å². The fraction of sp³-hybridized carbons (Fsp3) is 0.947. The van der Waals surface area contributed by atoms with Gasteiger partial charge < -0.3 is 20.1 Å². The number of carbonyl (C=O) groups is 1. The molecule has 2 fully saturated rings. The maximum atomic E-state index is 13.0. The molecule has 0 aromatic rings. The molecule has 2 heterocycles. The predicted octanol–water partition coefficient (Wildman–Crippen LogP) is 2.18. The maximum Gasteiger partial charge on any atom is 0.239 e. The molecule has 0 bridgehead atoms. The molecular formula is C19H36N2O3. The first-order valence-corrected chi connectivity index (χ1v) is 9.70. The number of carbonyl (C=O) groups excluding carboxylic acids is 1. The number of hydrogen-bond donors (Lipinski definition) is 2. The minimum atomic E-state index is -0.0989. The van der Waals surface area contributed by atoms with Gasteiger partial charge >= 0.3 is 0 Å². The second kappa shape index (κ2) is 9.16. The van der Waals surface area contributed by atoms with Crippen LogP contribution in [0.2, 0.25) is 0 Å². The van der Waals surface area contributed by atoms with Crippen molar-refractivity contribution in [3.63, 3.8) is 0 Å². The second-order valence-corrected chi connectivity index (χ2v) is 8.23. The van der Waals surface area contributed by atoms with Crippen LogP contribution in [0.3, 0.4) is 0 Å². The smallest absolute Gasteiger partial charge is 0.239 e. The van der Waals surface area contributed by atoms with Gasteiger partial charge in [0.2, 0.25) is 5.91 Å². The number of nitrogens with one attached hydrogen (secondary N) is 1. The van der Waals surface area contributed by atoms with Gasteiger partial charge in [0, 0.05) is 25.7 Å². The summed E-state index contributed by atoms with van der Waals surface area (Å²) in [5.41, 5.74) is 0. The number of aliphatic hydroxyl groups excluding tert-OH is 1. The van der Waals surface area contributed by atoms with Gasteiger partial charge in [0.25, 0.3) is 0 Å². The summed E-state index contributed by atoms with van der Waals surface area (Å²) in [6.45, 7) is 10.4. The zero-order chi connectivity index (χ0) is 17.7. The average molecular weight is 341 g/mol. The molecule has 2 N–H and O–H groups in total. The lowest BCUT2D eigenvalue weighted by atomic mass is 9.94. The number of hydrogen-bond acceptors (Lipinski definition) is 4. The van der Waals surface area contributed by atoms with Crippen molar-refractivity contribution in [2.75, 3.05) is 19.7 Å².